The van der Waals surface area contributed by atoms with Crippen molar-refractivity contribution in [3.63, 3.8) is 0 Å². The van der Waals surface area contributed by atoms with Gasteiger partial charge in [0, 0.05) is 19.6 Å². The largest absolute Gasteiger partial charge is 0.497 e. The van der Waals surface area contributed by atoms with Crippen LogP contribution in [0.1, 0.15) is 37.7 Å². The van der Waals surface area contributed by atoms with E-state index in [-0.39, 0.29) is 5.91 Å². The lowest BCUT2D eigenvalue weighted by Gasteiger charge is -2.41. The predicted molar refractivity (Wildman–Crippen MR) is 92.9 cm³/mol. The van der Waals surface area contributed by atoms with E-state index >= 15 is 0 Å². The molecular formula is C19H28N2O3. The van der Waals surface area contributed by atoms with Crippen LogP contribution in [0.4, 0.5) is 0 Å². The summed E-state index contributed by atoms with van der Waals surface area (Å²) in [5, 5.41) is 11.0. The maximum atomic E-state index is 12.9. The molecule has 0 spiro atoms. The molecule has 1 atom stereocenters. The minimum atomic E-state index is -1.23. The molecule has 0 bridgehead atoms. The van der Waals surface area contributed by atoms with Gasteiger partial charge in [-0.05, 0) is 56.5 Å². The Morgan fingerprint density at radius 2 is 1.96 bits per heavy atom. The number of aliphatic hydroxyl groups is 1. The van der Waals surface area contributed by atoms with E-state index in [0.717, 1.165) is 43.7 Å². The number of β-amino-alcohol motifs (C(OH)–C–C–N with tert-alkyl or cyclic N) is 1. The number of hydrogen-bond donors (Lipinski definition) is 1. The average Bonchev–Trinajstić information content (AvgIpc) is 2.60. The number of ether oxygens (including phenoxy) is 1. The summed E-state index contributed by atoms with van der Waals surface area (Å²) >= 11 is 0. The number of carbonyl (C=O) groups is 1. The average molecular weight is 332 g/mol. The van der Waals surface area contributed by atoms with Crippen molar-refractivity contribution in [3.8, 4) is 5.75 Å². The molecule has 2 fully saturated rings. The Hall–Kier alpha value is -1.59. The molecule has 2 aliphatic rings. The minimum Gasteiger partial charge on any atom is -0.497 e. The van der Waals surface area contributed by atoms with Crippen LogP contribution in [0.5, 0.6) is 5.75 Å². The number of methoxy groups -OCH3 is 1. The summed E-state index contributed by atoms with van der Waals surface area (Å²) in [5.41, 5.74) is -0.195. The molecule has 0 unspecified atom stereocenters. The smallest absolute Gasteiger partial charge is 0.256 e. The van der Waals surface area contributed by atoms with Gasteiger partial charge in [-0.1, -0.05) is 18.6 Å². The van der Waals surface area contributed by atoms with Gasteiger partial charge in [-0.2, -0.15) is 0 Å². The van der Waals surface area contributed by atoms with Crippen LogP contribution in [-0.2, 0) is 11.3 Å². The first-order chi connectivity index (χ1) is 11.6. The molecule has 2 saturated heterocycles. The quantitative estimate of drug-likeness (QED) is 0.896. The van der Waals surface area contributed by atoms with Gasteiger partial charge >= 0.3 is 0 Å². The Morgan fingerprint density at radius 3 is 2.71 bits per heavy atom. The van der Waals surface area contributed by atoms with Crippen LogP contribution in [0, 0.1) is 0 Å². The Balaban J connectivity index is 1.67. The molecule has 132 valence electrons. The Bertz CT molecular complexity index is 571. The van der Waals surface area contributed by atoms with E-state index in [1.54, 1.807) is 12.0 Å². The summed E-state index contributed by atoms with van der Waals surface area (Å²) in [6.45, 7) is 3.69. The van der Waals surface area contributed by atoms with Gasteiger partial charge in [0.1, 0.15) is 5.75 Å². The first-order valence-electron chi connectivity index (χ1n) is 8.98. The fourth-order valence-electron chi connectivity index (χ4n) is 3.84. The molecule has 2 aliphatic heterocycles. The van der Waals surface area contributed by atoms with Gasteiger partial charge < -0.3 is 14.7 Å². The maximum Gasteiger partial charge on any atom is 0.256 e. The number of piperidine rings is 2. The van der Waals surface area contributed by atoms with Gasteiger partial charge in [-0.25, -0.2) is 0 Å². The van der Waals surface area contributed by atoms with Gasteiger partial charge in [0.2, 0.25) is 0 Å². The Labute approximate surface area is 144 Å². The number of benzene rings is 1. The third-order valence-corrected chi connectivity index (χ3v) is 5.15. The van der Waals surface area contributed by atoms with Crippen molar-refractivity contribution in [2.75, 3.05) is 33.3 Å². The second-order valence-electron chi connectivity index (χ2n) is 7.05. The summed E-state index contributed by atoms with van der Waals surface area (Å²) in [6.07, 6.45) is 5.00. The number of rotatable bonds is 5. The van der Waals surface area contributed by atoms with Gasteiger partial charge in [0.25, 0.3) is 5.91 Å². The number of nitrogens with zero attached hydrogens (tertiary/aromatic N) is 2. The topological polar surface area (TPSA) is 53.0 Å². The molecular weight excluding hydrogens is 304 g/mol. The highest BCUT2D eigenvalue weighted by atomic mass is 16.5. The summed E-state index contributed by atoms with van der Waals surface area (Å²) in [6, 6.07) is 7.77. The highest BCUT2D eigenvalue weighted by Gasteiger charge is 2.43. The number of hydrogen-bond acceptors (Lipinski definition) is 4. The molecule has 1 N–H and O–H groups in total. The Morgan fingerprint density at radius 1 is 1.17 bits per heavy atom. The van der Waals surface area contributed by atoms with E-state index in [2.05, 4.69) is 4.90 Å². The minimum absolute atomic E-state index is 0.123. The SMILES string of the molecule is COc1cccc(CN2CCC[C@](O)(CN3CCCCC3)C2=O)c1. The molecule has 3 rings (SSSR count). The van der Waals surface area contributed by atoms with Crippen molar-refractivity contribution in [1.29, 1.82) is 0 Å². The third-order valence-electron chi connectivity index (χ3n) is 5.15. The molecule has 0 aliphatic carbocycles. The van der Waals surface area contributed by atoms with Crippen LogP contribution in [0.3, 0.4) is 0 Å². The number of likely N-dealkylation sites (tertiary alicyclic amines) is 2. The van der Waals surface area contributed by atoms with Crippen LogP contribution in [0.2, 0.25) is 0 Å². The van der Waals surface area contributed by atoms with Gasteiger partial charge in [0.05, 0.1) is 7.11 Å². The van der Waals surface area contributed by atoms with Gasteiger partial charge in [-0.15, -0.1) is 0 Å². The number of carbonyl (C=O) groups excluding carboxylic acids is 1. The summed E-state index contributed by atoms with van der Waals surface area (Å²) in [5.74, 6) is 0.669. The van der Waals surface area contributed by atoms with E-state index in [9.17, 15) is 9.90 Å². The first kappa shape index (κ1) is 17.2. The molecule has 24 heavy (non-hydrogen) atoms. The fourth-order valence-corrected chi connectivity index (χ4v) is 3.84. The van der Waals surface area contributed by atoms with Crippen LogP contribution in [0.15, 0.2) is 24.3 Å². The first-order valence-corrected chi connectivity index (χ1v) is 8.98. The zero-order valence-corrected chi connectivity index (χ0v) is 14.5. The summed E-state index contributed by atoms with van der Waals surface area (Å²) < 4.78 is 5.25. The Kier molecular flexibility index (Phi) is 5.41. The van der Waals surface area contributed by atoms with Crippen LogP contribution in [-0.4, -0.2) is 59.7 Å². The van der Waals surface area contributed by atoms with Crippen LogP contribution in [0.25, 0.3) is 0 Å². The monoisotopic (exact) mass is 332 g/mol. The zero-order valence-electron chi connectivity index (χ0n) is 14.5. The van der Waals surface area contributed by atoms with E-state index in [0.29, 0.717) is 26.1 Å². The van der Waals surface area contributed by atoms with Crippen molar-refractivity contribution < 1.29 is 14.6 Å². The lowest BCUT2D eigenvalue weighted by atomic mass is 9.90. The van der Waals surface area contributed by atoms with Crippen LogP contribution < -0.4 is 4.74 Å². The van der Waals surface area contributed by atoms with Crippen molar-refractivity contribution in [1.82, 2.24) is 9.80 Å². The molecule has 0 saturated carbocycles. The molecule has 1 amide bonds. The van der Waals surface area contributed by atoms with Crippen LogP contribution >= 0.6 is 0 Å². The summed E-state index contributed by atoms with van der Waals surface area (Å²) in [7, 11) is 1.64. The third kappa shape index (κ3) is 3.90. The second kappa shape index (κ2) is 7.53. The van der Waals surface area contributed by atoms with Gasteiger partial charge in [-0.3, -0.25) is 9.69 Å². The van der Waals surface area contributed by atoms with Gasteiger partial charge in [0.15, 0.2) is 5.60 Å². The molecule has 1 aromatic rings. The normalized spacial score (nSPS) is 25.8. The molecule has 0 aromatic heterocycles. The standard InChI is InChI=1S/C19H28N2O3/c1-24-17-8-5-7-16(13-17)14-21-12-6-9-19(23,18(21)22)15-20-10-3-2-4-11-20/h5,7-8,13,23H,2-4,6,9-12,14-15H2,1H3/t19-/m0/s1. The van der Waals surface area contributed by atoms with Crippen molar-refractivity contribution in [3.05, 3.63) is 29.8 Å². The molecule has 5 heteroatoms. The van der Waals surface area contributed by atoms with E-state index in [4.69, 9.17) is 4.74 Å². The van der Waals surface area contributed by atoms with E-state index in [1.165, 1.54) is 6.42 Å². The zero-order chi connectivity index (χ0) is 17.0. The predicted octanol–water partition coefficient (Wildman–Crippen LogP) is 2.03. The molecule has 2 heterocycles. The van der Waals surface area contributed by atoms with E-state index < -0.39 is 5.60 Å². The maximum absolute atomic E-state index is 12.9. The molecule has 1 aromatic carbocycles. The molecule has 5 nitrogen and oxygen atoms in total. The number of amides is 1. The lowest BCUT2D eigenvalue weighted by molar-refractivity contribution is -0.160. The molecule has 0 radical (unpaired) electrons. The highest BCUT2D eigenvalue weighted by molar-refractivity contribution is 5.86. The second-order valence-corrected chi connectivity index (χ2v) is 7.05. The van der Waals surface area contributed by atoms with E-state index in [1.807, 2.05) is 24.3 Å². The lowest BCUT2D eigenvalue weighted by Crippen LogP contribution is -2.58. The van der Waals surface area contributed by atoms with Crippen molar-refractivity contribution >= 4 is 5.91 Å². The summed E-state index contributed by atoms with van der Waals surface area (Å²) in [4.78, 5) is 16.9. The van der Waals surface area contributed by atoms with Crippen molar-refractivity contribution in [2.45, 2.75) is 44.2 Å². The fraction of sp³-hybridized carbons (Fsp3) is 0.632. The van der Waals surface area contributed by atoms with Crippen molar-refractivity contribution in [2.24, 2.45) is 0 Å². The highest BCUT2D eigenvalue weighted by Crippen LogP contribution is 2.27.